The Morgan fingerprint density at radius 1 is 1.29 bits per heavy atom. The minimum absolute atomic E-state index is 0.130. The highest BCUT2D eigenvalue weighted by Crippen LogP contribution is 2.60. The summed E-state index contributed by atoms with van der Waals surface area (Å²) < 4.78 is 14.1. The quantitative estimate of drug-likeness (QED) is 0.755. The van der Waals surface area contributed by atoms with Gasteiger partial charge in [-0.1, -0.05) is 18.5 Å². The van der Waals surface area contributed by atoms with Gasteiger partial charge in [-0.05, 0) is 86.0 Å². The number of carbonyl (C=O) groups is 1. The third-order valence-corrected chi connectivity index (χ3v) is 7.44. The van der Waals surface area contributed by atoms with Gasteiger partial charge in [0.2, 0.25) is 0 Å². The molecule has 3 aliphatic rings. The summed E-state index contributed by atoms with van der Waals surface area (Å²) in [4.78, 5) is 12.7. The van der Waals surface area contributed by atoms with Crippen molar-refractivity contribution < 1.29 is 14.3 Å². The van der Waals surface area contributed by atoms with Crippen LogP contribution in [0.3, 0.4) is 0 Å². The fourth-order valence-electron chi connectivity index (χ4n) is 5.97. The van der Waals surface area contributed by atoms with Gasteiger partial charge in [-0.15, -0.1) is 0 Å². The number of halogens is 2. The predicted octanol–water partition coefficient (Wildman–Crippen LogP) is 5.20. The molecule has 0 aromatic heterocycles. The standard InChI is InChI=1S/C20H24ClFO2/c1-2-20-8-7-12-13(15(20)5-6-17(22)19(20)24)4-3-11-9-18(23)16(21)10-14(11)12/h9-10,12-13,15,17,23H,2-8H2,1H3/t12-,13+,15-,17?,20-/m0/s1. The van der Waals surface area contributed by atoms with E-state index in [1.165, 1.54) is 11.1 Å². The molecule has 0 bridgehead atoms. The summed E-state index contributed by atoms with van der Waals surface area (Å²) in [6.07, 6.45) is 4.33. The molecule has 0 aliphatic heterocycles. The number of benzene rings is 1. The number of hydrogen-bond donors (Lipinski definition) is 1. The number of aryl methyl sites for hydroxylation is 1. The maximum Gasteiger partial charge on any atom is 0.173 e. The third-order valence-electron chi connectivity index (χ3n) is 7.14. The summed E-state index contributed by atoms with van der Waals surface area (Å²) in [5.74, 6) is 1.14. The molecule has 1 N–H and O–H groups in total. The van der Waals surface area contributed by atoms with Crippen LogP contribution in [0.1, 0.15) is 62.5 Å². The van der Waals surface area contributed by atoms with Crippen LogP contribution in [0, 0.1) is 17.3 Å². The molecule has 5 atom stereocenters. The van der Waals surface area contributed by atoms with Crippen LogP contribution in [0.15, 0.2) is 12.1 Å². The minimum atomic E-state index is -1.26. The molecule has 1 unspecified atom stereocenters. The summed E-state index contributed by atoms with van der Waals surface area (Å²) >= 11 is 6.16. The molecule has 0 radical (unpaired) electrons. The lowest BCUT2D eigenvalue weighted by Gasteiger charge is -2.55. The largest absolute Gasteiger partial charge is 0.506 e. The van der Waals surface area contributed by atoms with Crippen molar-refractivity contribution in [3.05, 3.63) is 28.3 Å². The first-order chi connectivity index (χ1) is 11.5. The lowest BCUT2D eigenvalue weighted by atomic mass is 9.49. The van der Waals surface area contributed by atoms with Crippen LogP contribution in [0.2, 0.25) is 5.02 Å². The van der Waals surface area contributed by atoms with Crippen LogP contribution < -0.4 is 0 Å². The van der Waals surface area contributed by atoms with Crippen molar-refractivity contribution >= 4 is 17.4 Å². The average Bonchev–Trinajstić information content (AvgIpc) is 2.58. The highest BCUT2D eigenvalue weighted by atomic mass is 35.5. The fourth-order valence-corrected chi connectivity index (χ4v) is 6.15. The average molecular weight is 351 g/mol. The molecule has 24 heavy (non-hydrogen) atoms. The highest BCUT2D eigenvalue weighted by Gasteiger charge is 2.57. The van der Waals surface area contributed by atoms with Gasteiger partial charge in [0.15, 0.2) is 12.0 Å². The van der Waals surface area contributed by atoms with Gasteiger partial charge in [0.1, 0.15) is 5.75 Å². The Labute approximate surface area is 147 Å². The number of ketones is 1. The van der Waals surface area contributed by atoms with Crippen LogP contribution in [-0.2, 0) is 11.2 Å². The molecule has 0 saturated heterocycles. The van der Waals surface area contributed by atoms with Gasteiger partial charge in [0, 0.05) is 5.41 Å². The van der Waals surface area contributed by atoms with Crippen LogP contribution in [-0.4, -0.2) is 17.1 Å². The third kappa shape index (κ3) is 2.16. The van der Waals surface area contributed by atoms with Gasteiger partial charge in [0.05, 0.1) is 5.02 Å². The molecule has 0 heterocycles. The van der Waals surface area contributed by atoms with Crippen molar-refractivity contribution in [2.75, 3.05) is 0 Å². The second-order valence-electron chi connectivity index (χ2n) is 7.88. The number of phenols is 1. The SMILES string of the molecule is CC[C@]12CC[C@@H]3c4cc(Cl)c(O)cc4CC[C@H]3[C@@H]1CCC(F)C2=O. The van der Waals surface area contributed by atoms with Crippen molar-refractivity contribution in [3.63, 3.8) is 0 Å². The van der Waals surface area contributed by atoms with E-state index in [1.54, 1.807) is 6.07 Å². The Balaban J connectivity index is 1.73. The van der Waals surface area contributed by atoms with Crippen molar-refractivity contribution in [1.29, 1.82) is 0 Å². The Hall–Kier alpha value is -1.09. The number of alkyl halides is 1. The van der Waals surface area contributed by atoms with E-state index in [9.17, 15) is 14.3 Å². The molecule has 1 aromatic rings. The van der Waals surface area contributed by atoms with E-state index >= 15 is 0 Å². The molecule has 130 valence electrons. The first-order valence-corrected chi connectivity index (χ1v) is 9.55. The smallest absolute Gasteiger partial charge is 0.173 e. The number of carbonyl (C=O) groups excluding carboxylic acids is 1. The van der Waals surface area contributed by atoms with Crippen molar-refractivity contribution in [1.82, 2.24) is 0 Å². The second kappa shape index (κ2) is 5.72. The van der Waals surface area contributed by atoms with E-state index < -0.39 is 11.6 Å². The summed E-state index contributed by atoms with van der Waals surface area (Å²) in [5.41, 5.74) is 1.98. The molecular formula is C20H24ClFO2. The number of phenolic OH excluding ortho intramolecular Hbond substituents is 1. The van der Waals surface area contributed by atoms with E-state index in [-0.39, 0.29) is 11.5 Å². The highest BCUT2D eigenvalue weighted by molar-refractivity contribution is 6.32. The van der Waals surface area contributed by atoms with Crippen LogP contribution in [0.5, 0.6) is 5.75 Å². The summed E-state index contributed by atoms with van der Waals surface area (Å²) in [6.45, 7) is 2.05. The fraction of sp³-hybridized carbons (Fsp3) is 0.650. The topological polar surface area (TPSA) is 37.3 Å². The molecule has 4 rings (SSSR count). The van der Waals surface area contributed by atoms with E-state index in [2.05, 4.69) is 6.92 Å². The van der Waals surface area contributed by atoms with Gasteiger partial charge in [-0.25, -0.2) is 4.39 Å². The Morgan fingerprint density at radius 3 is 2.83 bits per heavy atom. The number of rotatable bonds is 1. The number of aromatic hydroxyl groups is 1. The van der Waals surface area contributed by atoms with E-state index in [0.29, 0.717) is 29.2 Å². The van der Waals surface area contributed by atoms with Gasteiger partial charge in [0.25, 0.3) is 0 Å². The molecule has 0 spiro atoms. The first kappa shape index (κ1) is 16.4. The normalized spacial score (nSPS) is 38.2. The van der Waals surface area contributed by atoms with Crippen molar-refractivity contribution in [2.45, 2.75) is 64.0 Å². The molecule has 3 aliphatic carbocycles. The lowest BCUT2D eigenvalue weighted by molar-refractivity contribution is -0.149. The van der Waals surface area contributed by atoms with Gasteiger partial charge in [-0.2, -0.15) is 0 Å². The Bertz CT molecular complexity index is 688. The number of hydrogen-bond acceptors (Lipinski definition) is 2. The maximum atomic E-state index is 14.1. The molecule has 4 heteroatoms. The van der Waals surface area contributed by atoms with E-state index in [4.69, 9.17) is 11.6 Å². The minimum Gasteiger partial charge on any atom is -0.506 e. The maximum absolute atomic E-state index is 14.1. The zero-order valence-corrected chi connectivity index (χ0v) is 14.8. The van der Waals surface area contributed by atoms with Crippen LogP contribution in [0.4, 0.5) is 4.39 Å². The molecule has 0 amide bonds. The van der Waals surface area contributed by atoms with Gasteiger partial charge < -0.3 is 5.11 Å². The molecular weight excluding hydrogens is 327 g/mol. The molecule has 2 fully saturated rings. The van der Waals surface area contributed by atoms with Crippen LogP contribution in [0.25, 0.3) is 0 Å². The second-order valence-corrected chi connectivity index (χ2v) is 8.28. The van der Waals surface area contributed by atoms with Gasteiger partial charge >= 0.3 is 0 Å². The van der Waals surface area contributed by atoms with E-state index in [1.807, 2.05) is 6.07 Å². The summed E-state index contributed by atoms with van der Waals surface area (Å²) in [5, 5.41) is 10.3. The van der Waals surface area contributed by atoms with Crippen molar-refractivity contribution in [3.8, 4) is 5.75 Å². The molecule has 2 saturated carbocycles. The monoisotopic (exact) mass is 350 g/mol. The number of Topliss-reactive ketones (excluding diaryl/α,β-unsaturated/α-hetero) is 1. The lowest BCUT2D eigenvalue weighted by Crippen LogP contribution is -2.53. The first-order valence-electron chi connectivity index (χ1n) is 9.17. The summed E-state index contributed by atoms with van der Waals surface area (Å²) in [6, 6.07) is 3.73. The van der Waals surface area contributed by atoms with E-state index in [0.717, 1.165) is 38.5 Å². The zero-order valence-electron chi connectivity index (χ0n) is 14.0. The van der Waals surface area contributed by atoms with Crippen LogP contribution >= 0.6 is 11.6 Å². The summed E-state index contributed by atoms with van der Waals surface area (Å²) in [7, 11) is 0. The molecule has 1 aromatic carbocycles. The Kier molecular flexibility index (Phi) is 3.91. The Morgan fingerprint density at radius 2 is 2.08 bits per heavy atom. The van der Waals surface area contributed by atoms with Crippen molar-refractivity contribution in [2.24, 2.45) is 17.3 Å². The van der Waals surface area contributed by atoms with Gasteiger partial charge in [-0.3, -0.25) is 4.79 Å². The zero-order chi connectivity index (χ0) is 17.1. The predicted molar refractivity (Wildman–Crippen MR) is 92.3 cm³/mol. The molecule has 2 nitrogen and oxygen atoms in total. The number of fused-ring (bicyclic) bond motifs is 5.